The van der Waals surface area contributed by atoms with Gasteiger partial charge in [0.05, 0.1) is 19.3 Å². The number of benzene rings is 2. The van der Waals surface area contributed by atoms with Gasteiger partial charge in [0, 0.05) is 5.69 Å². The van der Waals surface area contributed by atoms with Crippen molar-refractivity contribution in [2.45, 2.75) is 32.5 Å². The van der Waals surface area contributed by atoms with Gasteiger partial charge in [0.15, 0.2) is 11.3 Å². The van der Waals surface area contributed by atoms with Crippen molar-refractivity contribution >= 4 is 17.3 Å². The average Bonchev–Trinajstić information content (AvgIpc) is 2.75. The van der Waals surface area contributed by atoms with Gasteiger partial charge in [0.2, 0.25) is 0 Å². The Hall–Kier alpha value is -3.12. The molecule has 0 aliphatic carbocycles. The summed E-state index contributed by atoms with van der Waals surface area (Å²) >= 11 is 0. The largest absolute Gasteiger partial charge is 0.490 e. The van der Waals surface area contributed by atoms with Crippen LogP contribution in [0.15, 0.2) is 48.5 Å². The molecule has 1 amide bonds. The summed E-state index contributed by atoms with van der Waals surface area (Å²) in [4.78, 5) is 15.0. The van der Waals surface area contributed by atoms with E-state index in [4.69, 9.17) is 11.3 Å². The minimum absolute atomic E-state index is 0.185. The van der Waals surface area contributed by atoms with Crippen LogP contribution in [0.4, 0.5) is 28.9 Å². The van der Waals surface area contributed by atoms with E-state index in [1.165, 1.54) is 6.92 Å². The topological polar surface area (TPSA) is 62.9 Å². The summed E-state index contributed by atoms with van der Waals surface area (Å²) in [7, 11) is 0.500. The number of aliphatic hydroxyl groups is 1. The number of para-hydroxylation sites is 1. The minimum Gasteiger partial charge on any atom is -0.490 e. The Morgan fingerprint density at radius 1 is 1.13 bits per heavy atom. The van der Waals surface area contributed by atoms with E-state index in [0.717, 1.165) is 12.1 Å². The Morgan fingerprint density at radius 2 is 1.70 bits per heavy atom. The molecular formula is C21H24F4N2O3. The van der Waals surface area contributed by atoms with Gasteiger partial charge in [-0.15, -0.1) is 0 Å². The van der Waals surface area contributed by atoms with E-state index >= 15 is 0 Å². The van der Waals surface area contributed by atoms with E-state index in [9.17, 15) is 27.5 Å². The molecular weight excluding hydrogens is 404 g/mol. The zero-order chi connectivity index (χ0) is 23.4. The molecule has 0 heterocycles. The van der Waals surface area contributed by atoms with Gasteiger partial charge in [-0.25, -0.2) is 4.85 Å². The van der Waals surface area contributed by atoms with Crippen LogP contribution in [-0.4, -0.2) is 30.4 Å². The molecule has 0 unspecified atom stereocenters. The zero-order valence-corrected chi connectivity index (χ0v) is 17.0. The van der Waals surface area contributed by atoms with E-state index in [1.54, 1.807) is 30.3 Å². The minimum atomic E-state index is -4.74. The number of halogens is 4. The SMILES string of the molecule is CC.CF.[C-]#[N+]c1ccc(NC(=O)[C@@](C)(O)COc2ccccc2)cc1C(F)(F)F. The Kier molecular flexibility index (Phi) is 11.1. The molecule has 5 nitrogen and oxygen atoms in total. The van der Waals surface area contributed by atoms with Crippen molar-refractivity contribution in [1.29, 1.82) is 0 Å². The van der Waals surface area contributed by atoms with E-state index < -0.39 is 35.5 Å². The van der Waals surface area contributed by atoms with Crippen molar-refractivity contribution in [2.24, 2.45) is 0 Å². The van der Waals surface area contributed by atoms with Crippen LogP contribution in [0.2, 0.25) is 0 Å². The van der Waals surface area contributed by atoms with E-state index in [1.807, 2.05) is 13.8 Å². The number of anilines is 1. The van der Waals surface area contributed by atoms with Crippen LogP contribution in [0.3, 0.4) is 0 Å². The molecule has 0 bridgehead atoms. The fraction of sp³-hybridized carbons (Fsp3) is 0.333. The van der Waals surface area contributed by atoms with Gasteiger partial charge >= 0.3 is 6.18 Å². The fourth-order valence-electron chi connectivity index (χ4n) is 2.01. The lowest BCUT2D eigenvalue weighted by molar-refractivity contribution is -0.137. The van der Waals surface area contributed by atoms with Gasteiger partial charge < -0.3 is 15.2 Å². The summed E-state index contributed by atoms with van der Waals surface area (Å²) < 4.78 is 53.7. The third-order valence-corrected chi connectivity index (χ3v) is 3.43. The maximum Gasteiger partial charge on any atom is 0.407 e. The smallest absolute Gasteiger partial charge is 0.407 e. The Labute approximate surface area is 173 Å². The number of alkyl halides is 4. The molecule has 30 heavy (non-hydrogen) atoms. The van der Waals surface area contributed by atoms with Crippen molar-refractivity contribution in [2.75, 3.05) is 19.1 Å². The number of nitrogens with zero attached hydrogens (tertiary/aromatic N) is 1. The summed E-state index contributed by atoms with van der Waals surface area (Å²) in [5, 5.41) is 12.4. The number of nitrogens with one attached hydrogen (secondary N) is 1. The van der Waals surface area contributed by atoms with E-state index in [-0.39, 0.29) is 5.69 Å². The number of amides is 1. The highest BCUT2D eigenvalue weighted by Gasteiger charge is 2.35. The summed E-state index contributed by atoms with van der Waals surface area (Å²) in [6, 6.07) is 11.2. The highest BCUT2D eigenvalue weighted by Crippen LogP contribution is 2.38. The van der Waals surface area contributed by atoms with Crippen LogP contribution < -0.4 is 10.1 Å². The molecule has 9 heteroatoms. The fourth-order valence-corrected chi connectivity index (χ4v) is 2.01. The van der Waals surface area contributed by atoms with Gasteiger partial charge in [0.25, 0.3) is 5.91 Å². The molecule has 0 spiro atoms. The Morgan fingerprint density at radius 3 is 2.20 bits per heavy atom. The van der Waals surface area contributed by atoms with Gasteiger partial charge in [-0.1, -0.05) is 38.1 Å². The van der Waals surface area contributed by atoms with Gasteiger partial charge in [-0.3, -0.25) is 9.18 Å². The molecule has 2 N–H and O–H groups in total. The van der Waals surface area contributed by atoms with Crippen LogP contribution in [0, 0.1) is 6.57 Å². The van der Waals surface area contributed by atoms with Gasteiger partial charge in [-0.2, -0.15) is 13.2 Å². The van der Waals surface area contributed by atoms with Gasteiger partial charge in [-0.05, 0) is 31.2 Å². The standard InChI is InChI=1S/C18H15F3N2O3.C2H6.CH3F/c1-17(25,11-26-13-6-4-3-5-7-13)16(24)23-12-8-9-15(22-2)14(10-12)18(19,20)21;2*1-2/h3-10,25H,11H2,1H3,(H,23,24);1-2H3;1H3/t17-;;/m0../s1. The van der Waals surface area contributed by atoms with Crippen molar-refractivity contribution in [1.82, 2.24) is 0 Å². The summed E-state index contributed by atoms with van der Waals surface area (Å²) in [5.74, 6) is -0.501. The molecule has 0 fully saturated rings. The highest BCUT2D eigenvalue weighted by atomic mass is 19.4. The molecule has 0 aliphatic rings. The van der Waals surface area contributed by atoms with E-state index in [2.05, 4.69) is 10.2 Å². The number of ether oxygens (including phenoxy) is 1. The summed E-state index contributed by atoms with van der Waals surface area (Å²) in [6.45, 7) is 11.6. The van der Waals surface area contributed by atoms with Crippen LogP contribution >= 0.6 is 0 Å². The Bertz CT molecular complexity index is 832. The number of hydrogen-bond acceptors (Lipinski definition) is 3. The molecule has 0 saturated heterocycles. The first-order valence-electron chi connectivity index (χ1n) is 8.81. The second-order valence-corrected chi connectivity index (χ2v) is 5.67. The monoisotopic (exact) mass is 428 g/mol. The van der Waals surface area contributed by atoms with Crippen LogP contribution in [0.25, 0.3) is 4.85 Å². The third kappa shape index (κ3) is 8.09. The summed E-state index contributed by atoms with van der Waals surface area (Å²) in [5.41, 5.74) is -3.90. The number of hydrogen-bond donors (Lipinski definition) is 2. The van der Waals surface area contributed by atoms with Crippen LogP contribution in [0.1, 0.15) is 26.3 Å². The molecule has 0 aliphatic heterocycles. The normalized spacial score (nSPS) is 12.0. The molecule has 0 aromatic heterocycles. The van der Waals surface area contributed by atoms with E-state index in [0.29, 0.717) is 19.0 Å². The first-order chi connectivity index (χ1) is 14.1. The molecule has 2 rings (SSSR count). The number of rotatable bonds is 5. The second kappa shape index (κ2) is 12.4. The first kappa shape index (κ1) is 26.9. The number of carbonyl (C=O) groups excluding carboxylic acids is 1. The van der Waals surface area contributed by atoms with Crippen LogP contribution in [-0.2, 0) is 11.0 Å². The predicted molar refractivity (Wildman–Crippen MR) is 107 cm³/mol. The first-order valence-corrected chi connectivity index (χ1v) is 8.81. The molecule has 2 aromatic carbocycles. The van der Waals surface area contributed by atoms with Crippen molar-refractivity contribution in [3.63, 3.8) is 0 Å². The molecule has 1 atom stereocenters. The maximum absolute atomic E-state index is 13.0. The van der Waals surface area contributed by atoms with Crippen molar-refractivity contribution in [3.05, 3.63) is 65.5 Å². The zero-order valence-electron chi connectivity index (χ0n) is 17.0. The third-order valence-electron chi connectivity index (χ3n) is 3.43. The molecule has 2 aromatic rings. The van der Waals surface area contributed by atoms with Crippen molar-refractivity contribution in [3.8, 4) is 5.75 Å². The quantitative estimate of drug-likeness (QED) is 0.479. The maximum atomic E-state index is 13.0. The lowest BCUT2D eigenvalue weighted by Gasteiger charge is -2.23. The lowest BCUT2D eigenvalue weighted by Crippen LogP contribution is -2.45. The second-order valence-electron chi connectivity index (χ2n) is 5.67. The predicted octanol–water partition coefficient (Wildman–Crippen LogP) is 5.64. The number of carbonyl (C=O) groups is 1. The summed E-state index contributed by atoms with van der Waals surface area (Å²) in [6.07, 6.45) is -4.74. The van der Waals surface area contributed by atoms with Crippen LogP contribution in [0.5, 0.6) is 5.75 Å². The highest BCUT2D eigenvalue weighted by molar-refractivity contribution is 5.97. The molecule has 164 valence electrons. The Balaban J connectivity index is 0.00000198. The average molecular weight is 428 g/mol. The lowest BCUT2D eigenvalue weighted by atomic mass is 10.1. The van der Waals surface area contributed by atoms with Gasteiger partial charge in [0.1, 0.15) is 12.4 Å². The molecule has 0 radical (unpaired) electrons. The van der Waals surface area contributed by atoms with Crippen molar-refractivity contribution < 1.29 is 32.2 Å². The molecule has 0 saturated carbocycles.